The van der Waals surface area contributed by atoms with Gasteiger partial charge in [-0.15, -0.1) is 24.0 Å². The first-order valence-corrected chi connectivity index (χ1v) is 9.18. The lowest BCUT2D eigenvalue weighted by Gasteiger charge is -2.38. The Hall–Kier alpha value is -1.71. The molecule has 1 saturated heterocycles. The minimum atomic E-state index is 0. The molecule has 0 unspecified atom stereocenters. The number of carbonyl (C=O) groups excluding carboxylic acids is 1. The maximum Gasteiger partial charge on any atom is 0.221 e. The van der Waals surface area contributed by atoms with Gasteiger partial charge in [-0.25, -0.2) is 0 Å². The van der Waals surface area contributed by atoms with Gasteiger partial charge in [0.25, 0.3) is 0 Å². The molecule has 152 valence electrons. The number of nitrogens with one attached hydrogen (secondary N) is 2. The van der Waals surface area contributed by atoms with Crippen LogP contribution in [0.15, 0.2) is 29.3 Å². The van der Waals surface area contributed by atoms with Crippen LogP contribution in [0, 0.1) is 0 Å². The highest BCUT2D eigenvalue weighted by atomic mass is 127. The highest BCUT2D eigenvalue weighted by Crippen LogP contribution is 2.28. The summed E-state index contributed by atoms with van der Waals surface area (Å²) in [6, 6.07) is 8.27. The molecule has 1 fully saturated rings. The number of anilines is 1. The minimum Gasteiger partial charge on any atom is -0.495 e. The number of hydrogen-bond acceptors (Lipinski definition) is 4. The molecule has 0 aromatic heterocycles. The molecule has 8 heteroatoms. The van der Waals surface area contributed by atoms with Gasteiger partial charge in [0.05, 0.1) is 12.8 Å². The molecule has 2 rings (SSSR count). The quantitative estimate of drug-likeness (QED) is 0.363. The van der Waals surface area contributed by atoms with Gasteiger partial charge in [0, 0.05) is 52.2 Å². The molecule has 1 aromatic carbocycles. The Labute approximate surface area is 179 Å². The zero-order chi connectivity index (χ0) is 18.9. The number of hydrogen-bond donors (Lipinski definition) is 2. The number of aliphatic imine (C=N–C) groups is 1. The fraction of sp³-hybridized carbons (Fsp3) is 0.579. The summed E-state index contributed by atoms with van der Waals surface area (Å²) in [6.07, 6.45) is 0.443. The molecule has 0 radical (unpaired) electrons. The van der Waals surface area contributed by atoms with Gasteiger partial charge in [-0.1, -0.05) is 12.1 Å². The van der Waals surface area contributed by atoms with Crippen molar-refractivity contribution in [1.29, 1.82) is 0 Å². The van der Waals surface area contributed by atoms with Gasteiger partial charge < -0.3 is 25.2 Å². The molecule has 1 aromatic rings. The van der Waals surface area contributed by atoms with Crippen molar-refractivity contribution in [3.63, 3.8) is 0 Å². The van der Waals surface area contributed by atoms with Crippen molar-refractivity contribution in [3.05, 3.63) is 24.3 Å². The molecular formula is C19H32IN5O2. The summed E-state index contributed by atoms with van der Waals surface area (Å²) in [5, 5.41) is 6.19. The van der Waals surface area contributed by atoms with Gasteiger partial charge in [-0.05, 0) is 26.0 Å². The fourth-order valence-corrected chi connectivity index (χ4v) is 3.06. The van der Waals surface area contributed by atoms with Crippen LogP contribution < -0.4 is 20.3 Å². The third-order valence-corrected chi connectivity index (χ3v) is 4.30. The van der Waals surface area contributed by atoms with E-state index in [1.807, 2.05) is 32.0 Å². The largest absolute Gasteiger partial charge is 0.495 e. The summed E-state index contributed by atoms with van der Waals surface area (Å²) in [6.45, 7) is 8.05. The fourth-order valence-electron chi connectivity index (χ4n) is 3.06. The van der Waals surface area contributed by atoms with Crippen molar-refractivity contribution in [3.8, 4) is 5.75 Å². The first kappa shape index (κ1) is 23.3. The van der Waals surface area contributed by atoms with Crippen LogP contribution in [-0.4, -0.2) is 69.7 Å². The summed E-state index contributed by atoms with van der Waals surface area (Å²) in [4.78, 5) is 20.7. The van der Waals surface area contributed by atoms with Crippen molar-refractivity contribution in [2.45, 2.75) is 26.3 Å². The molecular weight excluding hydrogens is 457 g/mol. The van der Waals surface area contributed by atoms with E-state index in [4.69, 9.17) is 4.74 Å². The zero-order valence-corrected chi connectivity index (χ0v) is 19.0. The lowest BCUT2D eigenvalue weighted by Crippen LogP contribution is -2.53. The molecule has 1 aliphatic rings. The van der Waals surface area contributed by atoms with Crippen LogP contribution in [-0.2, 0) is 4.79 Å². The van der Waals surface area contributed by atoms with E-state index >= 15 is 0 Å². The minimum absolute atomic E-state index is 0. The van der Waals surface area contributed by atoms with Crippen LogP contribution in [0.2, 0.25) is 0 Å². The Morgan fingerprint density at radius 2 is 1.89 bits per heavy atom. The molecule has 1 aliphatic heterocycles. The zero-order valence-electron chi connectivity index (χ0n) is 16.7. The van der Waals surface area contributed by atoms with Crippen molar-refractivity contribution < 1.29 is 9.53 Å². The molecule has 0 saturated carbocycles. The summed E-state index contributed by atoms with van der Waals surface area (Å²) in [5.74, 6) is 1.81. The van der Waals surface area contributed by atoms with Gasteiger partial charge >= 0.3 is 0 Å². The average Bonchev–Trinajstić information content (AvgIpc) is 2.65. The number of halogens is 1. The van der Waals surface area contributed by atoms with Gasteiger partial charge in [0.1, 0.15) is 5.75 Å². The Kier molecular flexibility index (Phi) is 10.3. The summed E-state index contributed by atoms with van der Waals surface area (Å²) < 4.78 is 5.47. The van der Waals surface area contributed by atoms with E-state index in [1.54, 1.807) is 14.2 Å². The highest BCUT2D eigenvalue weighted by molar-refractivity contribution is 14.0. The van der Waals surface area contributed by atoms with E-state index in [-0.39, 0.29) is 35.9 Å². The van der Waals surface area contributed by atoms with E-state index in [0.29, 0.717) is 13.0 Å². The van der Waals surface area contributed by atoms with Gasteiger partial charge in [-0.3, -0.25) is 9.79 Å². The molecule has 0 atom stereocenters. The van der Waals surface area contributed by atoms with E-state index in [0.717, 1.165) is 43.6 Å². The molecule has 7 nitrogen and oxygen atoms in total. The number of rotatable bonds is 6. The van der Waals surface area contributed by atoms with E-state index in [1.165, 1.54) is 0 Å². The van der Waals surface area contributed by atoms with Crippen molar-refractivity contribution in [2.24, 2.45) is 4.99 Å². The first-order valence-electron chi connectivity index (χ1n) is 9.18. The molecule has 0 aliphatic carbocycles. The summed E-state index contributed by atoms with van der Waals surface area (Å²) in [5.41, 5.74) is 1.13. The lowest BCUT2D eigenvalue weighted by molar-refractivity contribution is -0.121. The van der Waals surface area contributed by atoms with E-state index < -0.39 is 0 Å². The number of ether oxygens (including phenoxy) is 1. The third kappa shape index (κ3) is 7.08. The van der Waals surface area contributed by atoms with Crippen LogP contribution in [0.25, 0.3) is 0 Å². The Morgan fingerprint density at radius 1 is 1.22 bits per heavy atom. The number of methoxy groups -OCH3 is 1. The predicted molar refractivity (Wildman–Crippen MR) is 121 cm³/mol. The average molecular weight is 489 g/mol. The molecule has 27 heavy (non-hydrogen) atoms. The second kappa shape index (κ2) is 11.9. The van der Waals surface area contributed by atoms with Crippen molar-refractivity contribution in [2.75, 3.05) is 51.8 Å². The molecule has 1 heterocycles. The second-order valence-electron chi connectivity index (χ2n) is 6.59. The Morgan fingerprint density at radius 3 is 2.48 bits per heavy atom. The molecule has 0 bridgehead atoms. The van der Waals surface area contributed by atoms with Gasteiger partial charge in [0.2, 0.25) is 5.91 Å². The number of nitrogens with zero attached hydrogens (tertiary/aromatic N) is 3. The van der Waals surface area contributed by atoms with Crippen LogP contribution in [0.5, 0.6) is 5.75 Å². The van der Waals surface area contributed by atoms with Crippen molar-refractivity contribution >= 4 is 41.5 Å². The standard InChI is InChI=1S/C19H31N5O2.HI/c1-15(2)22-18(25)9-10-21-19(20-3)24-13-11-23(12-14-24)16-7-5-6-8-17(16)26-4;/h5-8,15H,9-14H2,1-4H3,(H,20,21)(H,22,25);1H. The van der Waals surface area contributed by atoms with Gasteiger partial charge in [0.15, 0.2) is 5.96 Å². The van der Waals surface area contributed by atoms with E-state index in [2.05, 4.69) is 31.5 Å². The summed E-state index contributed by atoms with van der Waals surface area (Å²) >= 11 is 0. The second-order valence-corrected chi connectivity index (χ2v) is 6.59. The first-order chi connectivity index (χ1) is 12.5. The van der Waals surface area contributed by atoms with Crippen LogP contribution in [0.3, 0.4) is 0 Å². The summed E-state index contributed by atoms with van der Waals surface area (Å²) in [7, 11) is 3.49. The van der Waals surface area contributed by atoms with Crippen LogP contribution >= 0.6 is 24.0 Å². The topological polar surface area (TPSA) is 69.2 Å². The smallest absolute Gasteiger partial charge is 0.221 e. The lowest BCUT2D eigenvalue weighted by atomic mass is 10.2. The predicted octanol–water partition coefficient (Wildman–Crippen LogP) is 1.93. The molecule has 1 amide bonds. The van der Waals surface area contributed by atoms with Gasteiger partial charge in [-0.2, -0.15) is 0 Å². The number of guanidine groups is 1. The van der Waals surface area contributed by atoms with E-state index in [9.17, 15) is 4.79 Å². The SMILES string of the molecule is CN=C(NCCC(=O)NC(C)C)N1CCN(c2ccccc2OC)CC1.I. The van der Waals surface area contributed by atoms with Crippen LogP contribution in [0.1, 0.15) is 20.3 Å². The molecule has 0 spiro atoms. The Bertz CT molecular complexity index is 616. The number of piperazine rings is 1. The third-order valence-electron chi connectivity index (χ3n) is 4.30. The molecule has 2 N–H and O–H groups in total. The maximum atomic E-state index is 11.7. The number of benzene rings is 1. The van der Waals surface area contributed by atoms with Crippen LogP contribution in [0.4, 0.5) is 5.69 Å². The number of para-hydroxylation sites is 2. The number of carbonyl (C=O) groups is 1. The normalized spacial score (nSPS) is 14.6. The monoisotopic (exact) mass is 489 g/mol. The number of amides is 1. The Balaban J connectivity index is 0.00000364. The van der Waals surface area contributed by atoms with Crippen molar-refractivity contribution in [1.82, 2.24) is 15.5 Å². The highest BCUT2D eigenvalue weighted by Gasteiger charge is 2.21. The maximum absolute atomic E-state index is 11.7.